The van der Waals surface area contributed by atoms with E-state index in [0.717, 1.165) is 17.2 Å². The average Bonchev–Trinajstić information content (AvgIpc) is 2.73. The Kier molecular flexibility index (Phi) is 7.72. The van der Waals surface area contributed by atoms with Gasteiger partial charge in [0.05, 0.1) is 0 Å². The predicted octanol–water partition coefficient (Wildman–Crippen LogP) is 3.40. The van der Waals surface area contributed by atoms with Crippen LogP contribution in [0, 0.1) is 0 Å². The summed E-state index contributed by atoms with van der Waals surface area (Å²) in [4.78, 5) is 0. The van der Waals surface area contributed by atoms with E-state index in [1.165, 1.54) is 9.96 Å². The number of hydrogen-bond donors (Lipinski definition) is 0. The molecule has 0 radical (unpaired) electrons. The Balaban J connectivity index is 1.97. The van der Waals surface area contributed by atoms with Crippen LogP contribution in [0.2, 0.25) is 0 Å². The second-order valence-electron chi connectivity index (χ2n) is 6.44. The molecule has 0 saturated carbocycles. The molecule has 0 N–H and O–H groups in total. The van der Waals surface area contributed by atoms with Crippen molar-refractivity contribution in [3.05, 3.63) is 72.8 Å². The van der Waals surface area contributed by atoms with E-state index in [9.17, 15) is 0 Å². The van der Waals surface area contributed by atoms with Crippen LogP contribution in [0.4, 0.5) is 0 Å². The van der Waals surface area contributed by atoms with Crippen LogP contribution in [-0.4, -0.2) is 41.3 Å². The molecule has 0 atom stereocenters. The number of ether oxygens (including phenoxy) is 3. The molecule has 0 fully saturated rings. The van der Waals surface area contributed by atoms with Crippen molar-refractivity contribution < 1.29 is 14.2 Å². The second-order valence-corrected chi connectivity index (χ2v) is 14.6. The standard InChI is InChI=1S/3C8H9O.In/c3*1-2-9-8-6-4-3-5-7-8;/h3*4-7H,2H2,1H3;. The van der Waals surface area contributed by atoms with Crippen molar-refractivity contribution in [1.82, 2.24) is 0 Å². The van der Waals surface area contributed by atoms with Gasteiger partial charge in [0.1, 0.15) is 0 Å². The second kappa shape index (κ2) is 10.5. The molecule has 0 saturated heterocycles. The molecule has 0 heterocycles. The van der Waals surface area contributed by atoms with Crippen molar-refractivity contribution in [3.8, 4) is 17.2 Å². The molecule has 0 amide bonds. The van der Waals surface area contributed by atoms with E-state index in [-0.39, 0.29) is 0 Å². The molecule has 144 valence electrons. The van der Waals surface area contributed by atoms with Crippen LogP contribution in [0.25, 0.3) is 0 Å². The normalized spacial score (nSPS) is 10.4. The molecule has 0 spiro atoms. The van der Waals surface area contributed by atoms with Crippen molar-refractivity contribution in [2.24, 2.45) is 0 Å². The van der Waals surface area contributed by atoms with Crippen LogP contribution >= 0.6 is 0 Å². The van der Waals surface area contributed by atoms with E-state index >= 15 is 0 Å². The summed E-state index contributed by atoms with van der Waals surface area (Å²) in [6.45, 7) is 8.08. The van der Waals surface area contributed by atoms with Crippen molar-refractivity contribution in [2.75, 3.05) is 19.8 Å². The third-order valence-electron chi connectivity index (χ3n) is 4.57. The van der Waals surface area contributed by atoms with Gasteiger partial charge in [-0.15, -0.1) is 0 Å². The minimum atomic E-state index is -2.48. The molecule has 0 unspecified atom stereocenters. The molecule has 0 aliphatic carbocycles. The van der Waals surface area contributed by atoms with E-state index < -0.39 is 21.4 Å². The van der Waals surface area contributed by atoms with E-state index in [1.807, 2.05) is 20.8 Å². The van der Waals surface area contributed by atoms with Gasteiger partial charge in [-0.2, -0.15) is 0 Å². The molecule has 0 aromatic heterocycles. The zero-order valence-electron chi connectivity index (χ0n) is 16.9. The fourth-order valence-corrected chi connectivity index (χ4v) is 11.6. The van der Waals surface area contributed by atoms with Crippen molar-refractivity contribution in [3.63, 3.8) is 0 Å². The van der Waals surface area contributed by atoms with E-state index in [0.29, 0.717) is 19.8 Å². The van der Waals surface area contributed by atoms with Crippen LogP contribution in [0.5, 0.6) is 17.2 Å². The van der Waals surface area contributed by atoms with Crippen molar-refractivity contribution in [1.29, 1.82) is 0 Å². The molecule has 3 aromatic carbocycles. The quantitative estimate of drug-likeness (QED) is 0.472. The fraction of sp³-hybridized carbons (Fsp3) is 0.250. The summed E-state index contributed by atoms with van der Waals surface area (Å²) < 4.78 is 21.2. The van der Waals surface area contributed by atoms with Crippen LogP contribution in [0.1, 0.15) is 20.8 Å². The van der Waals surface area contributed by atoms with Gasteiger partial charge in [-0.05, 0) is 0 Å². The predicted molar refractivity (Wildman–Crippen MR) is 117 cm³/mol. The van der Waals surface area contributed by atoms with Gasteiger partial charge in [0, 0.05) is 0 Å². The first-order valence-electron chi connectivity index (χ1n) is 9.93. The summed E-state index contributed by atoms with van der Waals surface area (Å²) in [5.74, 6) is 2.78. The third-order valence-corrected chi connectivity index (χ3v) is 13.6. The van der Waals surface area contributed by atoms with Gasteiger partial charge in [-0.25, -0.2) is 0 Å². The maximum absolute atomic E-state index is 5.63. The molecule has 3 aromatic rings. The summed E-state index contributed by atoms with van der Waals surface area (Å²) in [5.41, 5.74) is 0. The van der Waals surface area contributed by atoms with Gasteiger partial charge in [-0.3, -0.25) is 0 Å². The number of rotatable bonds is 9. The first-order valence-corrected chi connectivity index (χ1v) is 14.9. The molecular weight excluding hydrogens is 451 g/mol. The first kappa shape index (κ1) is 20.7. The maximum atomic E-state index is 5.63. The van der Waals surface area contributed by atoms with E-state index in [1.54, 1.807) is 0 Å². The summed E-state index contributed by atoms with van der Waals surface area (Å²) in [6, 6.07) is 25.9. The first-order chi connectivity index (χ1) is 13.7. The van der Waals surface area contributed by atoms with Crippen LogP contribution in [0.3, 0.4) is 0 Å². The number of benzene rings is 3. The van der Waals surface area contributed by atoms with Crippen molar-refractivity contribution in [2.45, 2.75) is 20.8 Å². The van der Waals surface area contributed by atoms with Crippen LogP contribution < -0.4 is 24.2 Å². The molecule has 0 aliphatic heterocycles. The number of hydrogen-bond acceptors (Lipinski definition) is 3. The molecule has 28 heavy (non-hydrogen) atoms. The topological polar surface area (TPSA) is 27.7 Å². The monoisotopic (exact) mass is 478 g/mol. The Labute approximate surface area is 175 Å². The Morgan fingerprint density at radius 3 is 0.929 bits per heavy atom. The van der Waals surface area contributed by atoms with Gasteiger partial charge < -0.3 is 0 Å². The Morgan fingerprint density at radius 2 is 0.714 bits per heavy atom. The Hall–Kier alpha value is -2.07. The van der Waals surface area contributed by atoms with Gasteiger partial charge in [0.2, 0.25) is 0 Å². The van der Waals surface area contributed by atoms with Gasteiger partial charge in [0.25, 0.3) is 0 Å². The molecule has 3 rings (SSSR count). The van der Waals surface area contributed by atoms with Crippen LogP contribution in [0.15, 0.2) is 72.8 Å². The van der Waals surface area contributed by atoms with Gasteiger partial charge in [0.15, 0.2) is 0 Å². The van der Waals surface area contributed by atoms with E-state index in [2.05, 4.69) is 72.8 Å². The van der Waals surface area contributed by atoms with Gasteiger partial charge in [-0.1, -0.05) is 0 Å². The molecular formula is C24H27InO3. The minimum absolute atomic E-state index is 0.684. The molecule has 4 heteroatoms. The zero-order valence-corrected chi connectivity index (χ0v) is 20.1. The van der Waals surface area contributed by atoms with E-state index in [4.69, 9.17) is 14.2 Å². The zero-order chi connectivity index (χ0) is 19.8. The Morgan fingerprint density at radius 1 is 0.464 bits per heavy atom. The Bertz CT molecular complexity index is 725. The molecule has 3 nitrogen and oxygen atoms in total. The van der Waals surface area contributed by atoms with Crippen molar-refractivity contribution >= 4 is 31.4 Å². The summed E-state index contributed by atoms with van der Waals surface area (Å²) in [5, 5.41) is 0. The average molecular weight is 478 g/mol. The molecule has 0 bridgehead atoms. The summed E-state index contributed by atoms with van der Waals surface area (Å²) in [7, 11) is 0. The molecule has 0 aliphatic rings. The SMILES string of the molecule is CCOc1cc[c]([In]([c]2ccc(OCC)cc2)[c]2ccc(OCC)cc2)cc1. The van der Waals surface area contributed by atoms with Crippen LogP contribution in [-0.2, 0) is 0 Å². The fourth-order valence-electron chi connectivity index (χ4n) is 3.35. The summed E-state index contributed by atoms with van der Waals surface area (Å²) >= 11 is -2.48. The third kappa shape index (κ3) is 5.26. The van der Waals surface area contributed by atoms with Gasteiger partial charge >= 0.3 is 176 Å². The summed E-state index contributed by atoms with van der Waals surface area (Å²) in [6.07, 6.45) is 0.